The van der Waals surface area contributed by atoms with Crippen LogP contribution in [0.25, 0.3) is 10.9 Å². The molecule has 1 aliphatic heterocycles. The van der Waals surface area contributed by atoms with E-state index in [1.807, 2.05) is 13.0 Å². The minimum atomic E-state index is -0.146. The van der Waals surface area contributed by atoms with Crippen molar-refractivity contribution in [3.8, 4) is 0 Å². The van der Waals surface area contributed by atoms with E-state index in [0.29, 0.717) is 18.9 Å². The summed E-state index contributed by atoms with van der Waals surface area (Å²) in [5.41, 5.74) is 2.29. The topological polar surface area (TPSA) is 43.3 Å². The van der Waals surface area contributed by atoms with Crippen molar-refractivity contribution in [2.75, 3.05) is 19.7 Å². The zero-order valence-electron chi connectivity index (χ0n) is 13.2. The summed E-state index contributed by atoms with van der Waals surface area (Å²) in [5, 5.41) is 4.58. The van der Waals surface area contributed by atoms with Gasteiger partial charge in [-0.25, -0.2) is 0 Å². The standard InChI is InChI=1S/C18H24N2O2/c1-2-22-18(21)11-15-13-20(12-14-7-9-19-10-8-14)17-6-4-3-5-16(15)17/h3-6,13-14,19H,2,7-12H2,1H3. The number of ether oxygens (including phenoxy) is 1. The maximum absolute atomic E-state index is 11.8. The summed E-state index contributed by atoms with van der Waals surface area (Å²) in [5.74, 6) is 0.569. The Labute approximate surface area is 131 Å². The van der Waals surface area contributed by atoms with Crippen molar-refractivity contribution in [1.29, 1.82) is 0 Å². The highest BCUT2D eigenvalue weighted by Gasteiger charge is 2.17. The third-order valence-electron chi connectivity index (χ3n) is 4.42. The fraction of sp³-hybridized carbons (Fsp3) is 0.500. The predicted octanol–water partition coefficient (Wildman–Crippen LogP) is 2.75. The number of fused-ring (bicyclic) bond motifs is 1. The monoisotopic (exact) mass is 300 g/mol. The molecule has 0 aliphatic carbocycles. The van der Waals surface area contributed by atoms with Crippen molar-refractivity contribution in [1.82, 2.24) is 9.88 Å². The van der Waals surface area contributed by atoms with Crippen molar-refractivity contribution in [3.63, 3.8) is 0 Å². The molecule has 0 amide bonds. The average molecular weight is 300 g/mol. The first kappa shape index (κ1) is 15.1. The zero-order chi connectivity index (χ0) is 15.4. The molecule has 0 atom stereocenters. The summed E-state index contributed by atoms with van der Waals surface area (Å²) in [4.78, 5) is 11.8. The third kappa shape index (κ3) is 3.33. The second-order valence-corrected chi connectivity index (χ2v) is 6.00. The van der Waals surface area contributed by atoms with E-state index in [9.17, 15) is 4.79 Å². The van der Waals surface area contributed by atoms with Gasteiger partial charge in [0.15, 0.2) is 0 Å². The minimum absolute atomic E-state index is 0.146. The Bertz CT molecular complexity index is 642. The lowest BCUT2D eigenvalue weighted by Gasteiger charge is -2.23. The highest BCUT2D eigenvalue weighted by atomic mass is 16.5. The lowest BCUT2D eigenvalue weighted by molar-refractivity contribution is -0.142. The van der Waals surface area contributed by atoms with Gasteiger partial charge >= 0.3 is 5.97 Å². The number of rotatable bonds is 5. The van der Waals surface area contributed by atoms with E-state index in [2.05, 4.69) is 34.3 Å². The first-order valence-corrected chi connectivity index (χ1v) is 8.21. The van der Waals surface area contributed by atoms with Crippen LogP contribution in [0, 0.1) is 5.92 Å². The molecule has 4 nitrogen and oxygen atoms in total. The van der Waals surface area contributed by atoms with E-state index in [1.165, 1.54) is 23.7 Å². The van der Waals surface area contributed by atoms with Crippen LogP contribution in [0.15, 0.2) is 30.5 Å². The molecule has 0 saturated carbocycles. The van der Waals surface area contributed by atoms with Gasteiger partial charge in [0.25, 0.3) is 0 Å². The van der Waals surface area contributed by atoms with Crippen LogP contribution >= 0.6 is 0 Å². The Kier molecular flexibility index (Phi) is 4.78. The number of para-hydroxylation sites is 1. The molecule has 1 N–H and O–H groups in total. The Morgan fingerprint density at radius 1 is 1.32 bits per heavy atom. The number of nitrogens with zero attached hydrogens (tertiary/aromatic N) is 1. The van der Waals surface area contributed by atoms with Gasteiger partial charge in [0.2, 0.25) is 0 Å². The van der Waals surface area contributed by atoms with Crippen LogP contribution in [0.3, 0.4) is 0 Å². The highest BCUT2D eigenvalue weighted by Crippen LogP contribution is 2.25. The fourth-order valence-electron chi connectivity index (χ4n) is 3.32. The van der Waals surface area contributed by atoms with Crippen molar-refractivity contribution >= 4 is 16.9 Å². The molecule has 1 aliphatic rings. The van der Waals surface area contributed by atoms with Gasteiger partial charge in [0.1, 0.15) is 0 Å². The summed E-state index contributed by atoms with van der Waals surface area (Å²) >= 11 is 0. The number of benzene rings is 1. The molecule has 2 aromatic rings. The molecule has 0 radical (unpaired) electrons. The maximum atomic E-state index is 11.8. The molecule has 22 heavy (non-hydrogen) atoms. The van der Waals surface area contributed by atoms with Crippen LogP contribution in [0.4, 0.5) is 0 Å². The molecule has 4 heteroatoms. The van der Waals surface area contributed by atoms with Gasteiger partial charge in [-0.1, -0.05) is 18.2 Å². The third-order valence-corrected chi connectivity index (χ3v) is 4.42. The second kappa shape index (κ2) is 6.97. The molecule has 3 rings (SSSR count). The Hall–Kier alpha value is -1.81. The summed E-state index contributed by atoms with van der Waals surface area (Å²) in [7, 11) is 0. The quantitative estimate of drug-likeness (QED) is 0.864. The largest absolute Gasteiger partial charge is 0.466 e. The van der Waals surface area contributed by atoms with Crippen LogP contribution in [-0.2, 0) is 22.5 Å². The van der Waals surface area contributed by atoms with Crippen LogP contribution in [-0.4, -0.2) is 30.2 Å². The number of nitrogens with one attached hydrogen (secondary N) is 1. The average Bonchev–Trinajstić information content (AvgIpc) is 2.87. The fourth-order valence-corrected chi connectivity index (χ4v) is 3.32. The smallest absolute Gasteiger partial charge is 0.310 e. The first-order chi connectivity index (χ1) is 10.8. The maximum Gasteiger partial charge on any atom is 0.310 e. The molecule has 1 saturated heterocycles. The van der Waals surface area contributed by atoms with Crippen molar-refractivity contribution in [3.05, 3.63) is 36.0 Å². The molecular formula is C18H24N2O2. The van der Waals surface area contributed by atoms with Gasteiger partial charge in [-0.2, -0.15) is 0 Å². The van der Waals surface area contributed by atoms with E-state index in [-0.39, 0.29) is 5.97 Å². The van der Waals surface area contributed by atoms with E-state index in [0.717, 1.165) is 25.2 Å². The highest BCUT2D eigenvalue weighted by molar-refractivity contribution is 5.87. The van der Waals surface area contributed by atoms with Crippen molar-refractivity contribution in [2.24, 2.45) is 5.92 Å². The number of carbonyl (C=O) groups is 1. The number of piperidine rings is 1. The van der Waals surface area contributed by atoms with Gasteiger partial charge < -0.3 is 14.6 Å². The minimum Gasteiger partial charge on any atom is -0.466 e. The Morgan fingerprint density at radius 3 is 2.86 bits per heavy atom. The molecular weight excluding hydrogens is 276 g/mol. The van der Waals surface area contributed by atoms with Gasteiger partial charge in [-0.3, -0.25) is 4.79 Å². The van der Waals surface area contributed by atoms with E-state index in [4.69, 9.17) is 4.74 Å². The van der Waals surface area contributed by atoms with E-state index < -0.39 is 0 Å². The number of hydrogen-bond acceptors (Lipinski definition) is 3. The molecule has 0 spiro atoms. The zero-order valence-corrected chi connectivity index (χ0v) is 13.2. The number of carbonyl (C=O) groups excluding carboxylic acids is 1. The summed E-state index contributed by atoms with van der Waals surface area (Å²) < 4.78 is 7.42. The number of aromatic nitrogens is 1. The molecule has 0 unspecified atom stereocenters. The lowest BCUT2D eigenvalue weighted by atomic mass is 9.98. The number of esters is 1. The number of hydrogen-bond donors (Lipinski definition) is 1. The predicted molar refractivity (Wildman–Crippen MR) is 87.9 cm³/mol. The van der Waals surface area contributed by atoms with Crippen molar-refractivity contribution < 1.29 is 9.53 Å². The summed E-state index contributed by atoms with van der Waals surface area (Å²) in [6.07, 6.45) is 4.94. The second-order valence-electron chi connectivity index (χ2n) is 6.00. The molecule has 1 aromatic heterocycles. The molecule has 1 aromatic carbocycles. The normalized spacial score (nSPS) is 16.0. The first-order valence-electron chi connectivity index (χ1n) is 8.21. The van der Waals surface area contributed by atoms with Gasteiger partial charge in [-0.05, 0) is 50.4 Å². The molecule has 2 heterocycles. The van der Waals surface area contributed by atoms with Crippen LogP contribution < -0.4 is 5.32 Å². The Morgan fingerprint density at radius 2 is 2.09 bits per heavy atom. The summed E-state index contributed by atoms with van der Waals surface area (Å²) in [6, 6.07) is 8.34. The van der Waals surface area contributed by atoms with Gasteiger partial charge in [0.05, 0.1) is 13.0 Å². The van der Waals surface area contributed by atoms with Crippen LogP contribution in [0.2, 0.25) is 0 Å². The lowest BCUT2D eigenvalue weighted by Crippen LogP contribution is -2.29. The van der Waals surface area contributed by atoms with Gasteiger partial charge in [-0.15, -0.1) is 0 Å². The molecule has 0 bridgehead atoms. The SMILES string of the molecule is CCOC(=O)Cc1cn(CC2CCNCC2)c2ccccc12. The summed E-state index contributed by atoms with van der Waals surface area (Å²) in [6.45, 7) is 5.54. The Balaban J connectivity index is 1.84. The van der Waals surface area contributed by atoms with Crippen LogP contribution in [0.1, 0.15) is 25.3 Å². The van der Waals surface area contributed by atoms with Crippen molar-refractivity contribution in [2.45, 2.75) is 32.7 Å². The molecule has 1 fully saturated rings. The van der Waals surface area contributed by atoms with Gasteiger partial charge in [0, 0.05) is 23.6 Å². The van der Waals surface area contributed by atoms with E-state index >= 15 is 0 Å². The van der Waals surface area contributed by atoms with Crippen LogP contribution in [0.5, 0.6) is 0 Å². The van der Waals surface area contributed by atoms with E-state index in [1.54, 1.807) is 0 Å². The molecule has 118 valence electrons.